The van der Waals surface area contributed by atoms with Crippen LogP contribution in [-0.4, -0.2) is 14.3 Å². The first-order valence-electron chi connectivity index (χ1n) is 5.93. The molecule has 21 heavy (non-hydrogen) atoms. The second-order valence-corrected chi connectivity index (χ2v) is 7.39. The average Bonchev–Trinajstić information content (AvgIpc) is 2.84. The second-order valence-electron chi connectivity index (χ2n) is 4.43. The van der Waals surface area contributed by atoms with E-state index in [1.807, 2.05) is 0 Å². The number of halogens is 1. The van der Waals surface area contributed by atoms with Gasteiger partial charge in [-0.15, -0.1) is 11.3 Å². The Kier molecular flexibility index (Phi) is 4.40. The molecule has 0 unspecified atom stereocenters. The van der Waals surface area contributed by atoms with Crippen LogP contribution >= 0.6 is 11.3 Å². The average molecular weight is 328 g/mol. The number of hydrogen-bond donors (Lipinski definition) is 2. The van der Waals surface area contributed by atoms with Gasteiger partial charge in [-0.3, -0.25) is 4.79 Å². The van der Waals surface area contributed by atoms with Crippen molar-refractivity contribution in [3.8, 4) is 0 Å². The molecule has 2 rings (SSSR count). The zero-order chi connectivity index (χ0) is 15.6. The van der Waals surface area contributed by atoms with E-state index in [4.69, 9.17) is 5.14 Å². The molecule has 1 aromatic heterocycles. The third-order valence-corrected chi connectivity index (χ3v) is 5.23. The summed E-state index contributed by atoms with van der Waals surface area (Å²) in [6, 6.07) is 7.25. The maximum Gasteiger partial charge on any atom is 0.254 e. The van der Waals surface area contributed by atoms with E-state index in [1.54, 1.807) is 19.1 Å². The van der Waals surface area contributed by atoms with Gasteiger partial charge < -0.3 is 5.32 Å². The van der Waals surface area contributed by atoms with E-state index in [1.165, 1.54) is 18.2 Å². The Morgan fingerprint density at radius 2 is 2.05 bits per heavy atom. The fourth-order valence-electron chi connectivity index (χ4n) is 1.67. The highest BCUT2D eigenvalue weighted by Gasteiger charge is 2.14. The fourth-order valence-corrected chi connectivity index (χ4v) is 3.39. The van der Waals surface area contributed by atoms with E-state index < -0.39 is 21.7 Å². The lowest BCUT2D eigenvalue weighted by Crippen LogP contribution is -2.23. The Morgan fingerprint density at radius 3 is 2.62 bits per heavy atom. The number of benzene rings is 1. The zero-order valence-corrected chi connectivity index (χ0v) is 12.7. The maximum atomic E-state index is 13.6. The molecule has 1 heterocycles. The molecule has 0 aliphatic rings. The molecular weight excluding hydrogens is 315 g/mol. The van der Waals surface area contributed by atoms with Crippen molar-refractivity contribution in [2.45, 2.75) is 17.7 Å². The molecule has 112 valence electrons. The van der Waals surface area contributed by atoms with Crippen LogP contribution in [-0.2, 0) is 16.6 Å². The van der Waals surface area contributed by atoms with Crippen LogP contribution in [0.3, 0.4) is 0 Å². The van der Waals surface area contributed by atoms with Gasteiger partial charge in [0.2, 0.25) is 10.0 Å². The number of hydrogen-bond acceptors (Lipinski definition) is 4. The summed E-state index contributed by atoms with van der Waals surface area (Å²) in [5.74, 6) is -1.15. The Hall–Kier alpha value is -1.77. The minimum Gasteiger partial charge on any atom is -0.347 e. The van der Waals surface area contributed by atoms with Gasteiger partial charge in [-0.1, -0.05) is 6.07 Å². The standard InChI is InChI=1S/C13H13FN2O3S2/c1-8-2-4-10(11(14)6-8)13(17)16-7-9-3-5-12(20-9)21(15,18)19/h2-6H,7H2,1H3,(H,16,17)(H2,15,18,19). The molecule has 5 nitrogen and oxygen atoms in total. The number of nitrogens with one attached hydrogen (secondary N) is 1. The van der Waals surface area contributed by atoms with Crippen molar-refractivity contribution in [2.75, 3.05) is 0 Å². The summed E-state index contributed by atoms with van der Waals surface area (Å²) in [6.07, 6.45) is 0. The Balaban J connectivity index is 2.06. The predicted molar refractivity (Wildman–Crippen MR) is 78.0 cm³/mol. The third kappa shape index (κ3) is 3.87. The van der Waals surface area contributed by atoms with Crippen LogP contribution in [0.15, 0.2) is 34.5 Å². The number of amides is 1. The molecule has 8 heteroatoms. The quantitative estimate of drug-likeness (QED) is 0.896. The van der Waals surface area contributed by atoms with Crippen molar-refractivity contribution in [1.82, 2.24) is 5.32 Å². The van der Waals surface area contributed by atoms with Crippen LogP contribution in [0.2, 0.25) is 0 Å². The highest BCUT2D eigenvalue weighted by atomic mass is 32.2. The Morgan fingerprint density at radius 1 is 1.33 bits per heavy atom. The van der Waals surface area contributed by atoms with Crippen LogP contribution in [0.1, 0.15) is 20.8 Å². The Labute approximate surface area is 125 Å². The molecule has 2 aromatic rings. The van der Waals surface area contributed by atoms with Crippen molar-refractivity contribution >= 4 is 27.3 Å². The number of carbonyl (C=O) groups is 1. The molecule has 3 N–H and O–H groups in total. The number of rotatable bonds is 4. The van der Waals surface area contributed by atoms with E-state index in [9.17, 15) is 17.6 Å². The number of sulfonamides is 1. The molecule has 0 bridgehead atoms. The minimum atomic E-state index is -3.74. The molecule has 0 saturated carbocycles. The normalized spacial score (nSPS) is 11.4. The summed E-state index contributed by atoms with van der Waals surface area (Å²) in [4.78, 5) is 12.5. The lowest BCUT2D eigenvalue weighted by atomic mass is 10.1. The number of aryl methyl sites for hydroxylation is 1. The summed E-state index contributed by atoms with van der Waals surface area (Å²) in [5.41, 5.74) is 0.670. The minimum absolute atomic E-state index is 0.0215. The van der Waals surface area contributed by atoms with Crippen molar-refractivity contribution in [3.63, 3.8) is 0 Å². The van der Waals surface area contributed by atoms with E-state index in [-0.39, 0.29) is 16.3 Å². The third-order valence-electron chi connectivity index (χ3n) is 2.71. The largest absolute Gasteiger partial charge is 0.347 e. The van der Waals surface area contributed by atoms with E-state index in [0.29, 0.717) is 4.88 Å². The number of nitrogens with two attached hydrogens (primary N) is 1. The summed E-state index contributed by atoms with van der Waals surface area (Å²) >= 11 is 0.962. The fraction of sp³-hybridized carbons (Fsp3) is 0.154. The van der Waals surface area contributed by atoms with E-state index in [2.05, 4.69) is 5.32 Å². The summed E-state index contributed by atoms with van der Waals surface area (Å²) in [7, 11) is -3.74. The van der Waals surface area contributed by atoms with Crippen LogP contribution in [0.25, 0.3) is 0 Å². The van der Waals surface area contributed by atoms with E-state index in [0.717, 1.165) is 16.9 Å². The zero-order valence-electron chi connectivity index (χ0n) is 11.1. The summed E-state index contributed by atoms with van der Waals surface area (Å²) in [6.45, 7) is 1.83. The summed E-state index contributed by atoms with van der Waals surface area (Å²) in [5, 5.41) is 7.53. The first kappa shape index (κ1) is 15.6. The lowest BCUT2D eigenvalue weighted by molar-refractivity contribution is 0.0947. The van der Waals surface area contributed by atoms with E-state index >= 15 is 0 Å². The molecular formula is C13H13FN2O3S2. The van der Waals surface area contributed by atoms with Crippen molar-refractivity contribution in [2.24, 2.45) is 5.14 Å². The van der Waals surface area contributed by atoms with Gasteiger partial charge in [0.15, 0.2) is 0 Å². The van der Waals surface area contributed by atoms with Gasteiger partial charge in [0.05, 0.1) is 12.1 Å². The first-order chi connectivity index (χ1) is 9.77. The molecule has 1 amide bonds. The first-order valence-corrected chi connectivity index (χ1v) is 8.29. The topological polar surface area (TPSA) is 89.3 Å². The van der Waals surface area contributed by atoms with Crippen molar-refractivity contribution in [3.05, 3.63) is 52.2 Å². The van der Waals surface area contributed by atoms with Crippen LogP contribution < -0.4 is 10.5 Å². The molecule has 0 saturated heterocycles. The van der Waals surface area contributed by atoms with Crippen LogP contribution in [0.4, 0.5) is 4.39 Å². The lowest BCUT2D eigenvalue weighted by Gasteiger charge is -2.05. The second kappa shape index (κ2) is 5.92. The molecule has 1 aromatic carbocycles. The Bertz CT molecular complexity index is 784. The van der Waals surface area contributed by atoms with Crippen molar-refractivity contribution < 1.29 is 17.6 Å². The molecule has 0 spiro atoms. The maximum absolute atomic E-state index is 13.6. The van der Waals surface area contributed by atoms with Gasteiger partial charge in [0.1, 0.15) is 10.0 Å². The van der Waals surface area contributed by atoms with Crippen LogP contribution in [0, 0.1) is 12.7 Å². The SMILES string of the molecule is Cc1ccc(C(=O)NCc2ccc(S(N)(=O)=O)s2)c(F)c1. The van der Waals surface area contributed by atoms with Crippen LogP contribution in [0.5, 0.6) is 0 Å². The molecule has 0 aliphatic carbocycles. The summed E-state index contributed by atoms with van der Waals surface area (Å²) < 4.78 is 35.9. The number of carbonyl (C=O) groups excluding carboxylic acids is 1. The van der Waals surface area contributed by atoms with Gasteiger partial charge in [-0.05, 0) is 36.8 Å². The van der Waals surface area contributed by atoms with Gasteiger partial charge >= 0.3 is 0 Å². The van der Waals surface area contributed by atoms with Gasteiger partial charge in [-0.25, -0.2) is 17.9 Å². The number of thiophene rings is 1. The highest BCUT2D eigenvalue weighted by Crippen LogP contribution is 2.20. The predicted octanol–water partition coefficient (Wildman–Crippen LogP) is 1.77. The van der Waals surface area contributed by atoms with Crippen molar-refractivity contribution in [1.29, 1.82) is 0 Å². The molecule has 0 atom stereocenters. The molecule has 0 radical (unpaired) electrons. The van der Waals surface area contributed by atoms with Gasteiger partial charge in [-0.2, -0.15) is 0 Å². The smallest absolute Gasteiger partial charge is 0.254 e. The van der Waals surface area contributed by atoms with Gasteiger partial charge in [0, 0.05) is 4.88 Å². The highest BCUT2D eigenvalue weighted by molar-refractivity contribution is 7.91. The molecule has 0 fully saturated rings. The molecule has 0 aliphatic heterocycles. The monoisotopic (exact) mass is 328 g/mol. The number of primary sulfonamides is 1. The van der Waals surface area contributed by atoms with Gasteiger partial charge in [0.25, 0.3) is 5.91 Å².